The molecule has 6 nitrogen and oxygen atoms in total. The largest absolute Gasteiger partial charge is 0.473 e. The maximum Gasteiger partial charge on any atom is 0.410 e. The van der Waals surface area contributed by atoms with Crippen molar-refractivity contribution in [2.75, 3.05) is 13.1 Å². The van der Waals surface area contributed by atoms with Crippen LogP contribution in [-0.4, -0.2) is 34.7 Å². The van der Waals surface area contributed by atoms with Crippen molar-refractivity contribution in [2.24, 2.45) is 0 Å². The Morgan fingerprint density at radius 3 is 2.48 bits per heavy atom. The molecule has 6 heteroatoms. The fourth-order valence-corrected chi connectivity index (χ4v) is 4.16. The maximum atomic E-state index is 12.3. The lowest BCUT2D eigenvalue weighted by atomic mass is 9.93. The molecule has 1 saturated heterocycles. The molecule has 0 saturated carbocycles. The number of amides is 1. The number of carbonyl (C=O) groups is 1. The van der Waals surface area contributed by atoms with Gasteiger partial charge in [-0.3, -0.25) is 0 Å². The SMILES string of the molecule is CC(C)(C)OC(=O)N1CCC(c2cccc(OCc3ccc(C#N)c4ccccc34)n2)CC1. The Morgan fingerprint density at radius 1 is 1.06 bits per heavy atom. The molecular weight excluding hydrogens is 414 g/mol. The number of hydrogen-bond acceptors (Lipinski definition) is 5. The van der Waals surface area contributed by atoms with Gasteiger partial charge in [-0.1, -0.05) is 36.4 Å². The van der Waals surface area contributed by atoms with Gasteiger partial charge in [-0.15, -0.1) is 0 Å². The first-order valence-corrected chi connectivity index (χ1v) is 11.3. The van der Waals surface area contributed by atoms with Crippen LogP contribution in [-0.2, 0) is 11.3 Å². The van der Waals surface area contributed by atoms with Gasteiger partial charge >= 0.3 is 6.09 Å². The van der Waals surface area contributed by atoms with Crippen LogP contribution in [0.15, 0.2) is 54.6 Å². The molecule has 4 rings (SSSR count). The van der Waals surface area contributed by atoms with Crippen molar-refractivity contribution < 1.29 is 14.3 Å². The van der Waals surface area contributed by atoms with Gasteiger partial charge in [0.1, 0.15) is 12.2 Å². The number of nitriles is 1. The number of aromatic nitrogens is 1. The molecule has 0 aliphatic carbocycles. The third kappa shape index (κ3) is 5.43. The lowest BCUT2D eigenvalue weighted by Crippen LogP contribution is -2.41. The molecule has 0 N–H and O–H groups in total. The third-order valence-corrected chi connectivity index (χ3v) is 5.82. The van der Waals surface area contributed by atoms with Gasteiger partial charge in [0.15, 0.2) is 0 Å². The summed E-state index contributed by atoms with van der Waals surface area (Å²) in [5, 5.41) is 11.3. The van der Waals surface area contributed by atoms with E-state index in [1.807, 2.05) is 75.4 Å². The zero-order chi connectivity index (χ0) is 23.4. The highest BCUT2D eigenvalue weighted by molar-refractivity contribution is 5.90. The molecule has 33 heavy (non-hydrogen) atoms. The van der Waals surface area contributed by atoms with Gasteiger partial charge in [-0.2, -0.15) is 5.26 Å². The number of nitrogens with zero attached hydrogens (tertiary/aromatic N) is 3. The van der Waals surface area contributed by atoms with Crippen LogP contribution in [0.3, 0.4) is 0 Å². The molecule has 170 valence electrons. The van der Waals surface area contributed by atoms with Gasteiger partial charge in [0.25, 0.3) is 0 Å². The number of pyridine rings is 1. The second-order valence-corrected chi connectivity index (χ2v) is 9.36. The van der Waals surface area contributed by atoms with E-state index >= 15 is 0 Å². The second-order valence-electron chi connectivity index (χ2n) is 9.36. The van der Waals surface area contributed by atoms with E-state index < -0.39 is 5.60 Å². The standard InChI is InChI=1S/C27H29N3O3/c1-27(2,3)33-26(31)30-15-13-19(14-16-30)24-9-6-10-25(29-24)32-18-21-12-11-20(17-28)22-7-4-5-8-23(21)22/h4-12,19H,13-16,18H2,1-3H3. The molecule has 0 unspecified atom stereocenters. The number of piperidine rings is 1. The molecule has 0 bridgehead atoms. The van der Waals surface area contributed by atoms with Crippen LogP contribution >= 0.6 is 0 Å². The van der Waals surface area contributed by atoms with E-state index in [-0.39, 0.29) is 12.0 Å². The van der Waals surface area contributed by atoms with Crippen molar-refractivity contribution in [3.63, 3.8) is 0 Å². The topological polar surface area (TPSA) is 75.4 Å². The Hall–Kier alpha value is -3.59. The molecule has 2 heterocycles. The van der Waals surface area contributed by atoms with Crippen LogP contribution in [0.1, 0.15) is 56.4 Å². The van der Waals surface area contributed by atoms with Crippen molar-refractivity contribution >= 4 is 16.9 Å². The smallest absolute Gasteiger partial charge is 0.410 e. The predicted octanol–water partition coefficient (Wildman–Crippen LogP) is 5.80. The minimum atomic E-state index is -0.485. The van der Waals surface area contributed by atoms with E-state index in [1.54, 1.807) is 4.90 Å². The summed E-state index contributed by atoms with van der Waals surface area (Å²) in [7, 11) is 0. The minimum absolute atomic E-state index is 0.249. The summed E-state index contributed by atoms with van der Waals surface area (Å²) in [6.45, 7) is 7.34. The quantitative estimate of drug-likeness (QED) is 0.509. The van der Waals surface area contributed by atoms with Gasteiger partial charge in [0.05, 0.1) is 11.6 Å². The van der Waals surface area contributed by atoms with Crippen LogP contribution in [0.5, 0.6) is 5.88 Å². The Labute approximate surface area is 194 Å². The normalized spacial score (nSPS) is 14.7. The molecule has 1 aliphatic heterocycles. The van der Waals surface area contributed by atoms with E-state index in [9.17, 15) is 10.1 Å². The fourth-order valence-electron chi connectivity index (χ4n) is 4.16. The summed E-state index contributed by atoms with van der Waals surface area (Å²) in [5.74, 6) is 0.860. The number of hydrogen-bond donors (Lipinski definition) is 0. The van der Waals surface area contributed by atoms with Crippen molar-refractivity contribution in [1.29, 1.82) is 5.26 Å². The van der Waals surface area contributed by atoms with Crippen LogP contribution in [0, 0.1) is 11.3 Å². The van der Waals surface area contributed by atoms with E-state index in [0.29, 0.717) is 31.1 Å². The van der Waals surface area contributed by atoms with Crippen molar-refractivity contribution in [2.45, 2.75) is 51.7 Å². The van der Waals surface area contributed by atoms with E-state index in [2.05, 4.69) is 6.07 Å². The zero-order valence-corrected chi connectivity index (χ0v) is 19.4. The highest BCUT2D eigenvalue weighted by Crippen LogP contribution is 2.29. The molecule has 1 aromatic heterocycles. The minimum Gasteiger partial charge on any atom is -0.473 e. The predicted molar refractivity (Wildman–Crippen MR) is 127 cm³/mol. The van der Waals surface area contributed by atoms with Gasteiger partial charge in [-0.25, -0.2) is 9.78 Å². The number of rotatable bonds is 4. The van der Waals surface area contributed by atoms with E-state index in [4.69, 9.17) is 14.5 Å². The average Bonchev–Trinajstić information content (AvgIpc) is 2.81. The Bertz CT molecular complexity index is 1190. The molecule has 0 radical (unpaired) electrons. The van der Waals surface area contributed by atoms with E-state index in [1.165, 1.54) is 0 Å². The number of ether oxygens (including phenoxy) is 2. The Balaban J connectivity index is 1.40. The summed E-state index contributed by atoms with van der Waals surface area (Å²) in [6.07, 6.45) is 1.44. The summed E-state index contributed by atoms with van der Waals surface area (Å²) in [5.41, 5.74) is 2.18. The lowest BCUT2D eigenvalue weighted by Gasteiger charge is -2.33. The number of fused-ring (bicyclic) bond motifs is 1. The van der Waals surface area contributed by atoms with Crippen LogP contribution in [0.4, 0.5) is 4.79 Å². The first-order chi connectivity index (χ1) is 15.8. The molecule has 0 atom stereocenters. The second kappa shape index (κ2) is 9.50. The molecule has 1 aliphatic rings. The maximum absolute atomic E-state index is 12.3. The number of benzene rings is 2. The molecular formula is C27H29N3O3. The highest BCUT2D eigenvalue weighted by Gasteiger charge is 2.28. The number of carbonyl (C=O) groups excluding carboxylic acids is 1. The summed E-state index contributed by atoms with van der Waals surface area (Å²) < 4.78 is 11.5. The van der Waals surface area contributed by atoms with Crippen molar-refractivity contribution in [3.05, 3.63) is 71.4 Å². The van der Waals surface area contributed by atoms with Gasteiger partial charge in [0.2, 0.25) is 5.88 Å². The lowest BCUT2D eigenvalue weighted by molar-refractivity contribution is 0.0204. The van der Waals surface area contributed by atoms with Gasteiger partial charge < -0.3 is 14.4 Å². The Morgan fingerprint density at radius 2 is 1.79 bits per heavy atom. The van der Waals surface area contributed by atoms with Crippen molar-refractivity contribution in [3.8, 4) is 11.9 Å². The van der Waals surface area contributed by atoms with E-state index in [0.717, 1.165) is 34.9 Å². The summed E-state index contributed by atoms with van der Waals surface area (Å²) in [6, 6.07) is 19.8. The average molecular weight is 444 g/mol. The molecule has 3 aromatic rings. The van der Waals surface area contributed by atoms with Crippen LogP contribution in [0.2, 0.25) is 0 Å². The molecule has 1 amide bonds. The van der Waals surface area contributed by atoms with Crippen LogP contribution in [0.25, 0.3) is 10.8 Å². The molecule has 2 aromatic carbocycles. The summed E-state index contributed by atoms with van der Waals surface area (Å²) >= 11 is 0. The molecule has 1 fully saturated rings. The highest BCUT2D eigenvalue weighted by atomic mass is 16.6. The van der Waals surface area contributed by atoms with Crippen molar-refractivity contribution in [1.82, 2.24) is 9.88 Å². The zero-order valence-electron chi connectivity index (χ0n) is 19.4. The first kappa shape index (κ1) is 22.6. The monoisotopic (exact) mass is 443 g/mol. The third-order valence-electron chi connectivity index (χ3n) is 5.82. The van der Waals surface area contributed by atoms with Crippen LogP contribution < -0.4 is 4.74 Å². The van der Waals surface area contributed by atoms with Gasteiger partial charge in [0, 0.05) is 30.8 Å². The Kier molecular flexibility index (Phi) is 6.50. The first-order valence-electron chi connectivity index (χ1n) is 11.3. The summed E-state index contributed by atoms with van der Waals surface area (Å²) in [4.78, 5) is 18.8. The fraction of sp³-hybridized carbons (Fsp3) is 0.370. The van der Waals surface area contributed by atoms with Gasteiger partial charge in [-0.05, 0) is 62.1 Å². The molecule has 0 spiro atoms. The number of likely N-dealkylation sites (tertiary alicyclic amines) is 1.